The van der Waals surface area contributed by atoms with Crippen molar-refractivity contribution in [3.63, 3.8) is 0 Å². The maximum atomic E-state index is 13.0. The van der Waals surface area contributed by atoms with Crippen LogP contribution in [0.1, 0.15) is 32.1 Å². The van der Waals surface area contributed by atoms with Crippen molar-refractivity contribution in [3.8, 4) is 5.75 Å². The van der Waals surface area contributed by atoms with Gasteiger partial charge in [-0.25, -0.2) is 0 Å². The van der Waals surface area contributed by atoms with E-state index >= 15 is 0 Å². The Morgan fingerprint density at radius 3 is 2.79 bits per heavy atom. The van der Waals surface area contributed by atoms with Crippen molar-refractivity contribution in [1.29, 1.82) is 0 Å². The van der Waals surface area contributed by atoms with Crippen molar-refractivity contribution < 1.29 is 14.6 Å². The Bertz CT molecular complexity index is 681. The topological polar surface area (TPSA) is 77.1 Å². The Hall–Kier alpha value is -1.90. The van der Waals surface area contributed by atoms with Crippen LogP contribution in [-0.2, 0) is 4.79 Å². The summed E-state index contributed by atoms with van der Waals surface area (Å²) >= 11 is 5.42. The van der Waals surface area contributed by atoms with Gasteiger partial charge in [0.05, 0.1) is 13.7 Å². The molecule has 1 aromatic rings. The Labute approximate surface area is 172 Å². The monoisotopic (exact) mass is 406 g/mol. The minimum absolute atomic E-state index is 0.00513. The summed E-state index contributed by atoms with van der Waals surface area (Å²) in [5, 5.41) is 17.2. The number of anilines is 1. The van der Waals surface area contributed by atoms with Gasteiger partial charge in [-0.1, -0.05) is 6.07 Å². The second kappa shape index (κ2) is 10.0. The standard InChI is InChI=1S/C20H30N4O3S/c1-27-16-8-6-7-15(13-16)21-20(28)22-17-9-2-3-12-24(19(17)26)14-18(25)23-10-4-5-11-23/h6-8,13,17-18,25H,2-5,9-12,14H2,1H3,(H2,21,22,28). The highest BCUT2D eigenvalue weighted by molar-refractivity contribution is 7.80. The lowest BCUT2D eigenvalue weighted by Gasteiger charge is -2.31. The second-order valence-electron chi connectivity index (χ2n) is 7.39. The fourth-order valence-corrected chi connectivity index (χ4v) is 4.06. The predicted molar refractivity (Wildman–Crippen MR) is 113 cm³/mol. The molecule has 0 radical (unpaired) electrons. The third kappa shape index (κ3) is 5.56. The molecule has 2 atom stereocenters. The van der Waals surface area contributed by atoms with Gasteiger partial charge in [-0.05, 0) is 56.5 Å². The van der Waals surface area contributed by atoms with Crippen molar-refractivity contribution in [2.75, 3.05) is 38.6 Å². The maximum absolute atomic E-state index is 13.0. The number of hydrogen-bond donors (Lipinski definition) is 3. The average molecular weight is 407 g/mol. The summed E-state index contributed by atoms with van der Waals surface area (Å²) in [7, 11) is 1.62. The summed E-state index contributed by atoms with van der Waals surface area (Å²) in [4.78, 5) is 16.8. The lowest BCUT2D eigenvalue weighted by Crippen LogP contribution is -2.52. The Morgan fingerprint density at radius 2 is 2.04 bits per heavy atom. The molecular weight excluding hydrogens is 376 g/mol. The lowest BCUT2D eigenvalue weighted by molar-refractivity contribution is -0.135. The van der Waals surface area contributed by atoms with Crippen LogP contribution < -0.4 is 15.4 Å². The first-order chi connectivity index (χ1) is 13.6. The minimum atomic E-state index is -0.591. The molecule has 2 heterocycles. The zero-order valence-electron chi connectivity index (χ0n) is 16.4. The van der Waals surface area contributed by atoms with E-state index in [1.54, 1.807) is 12.0 Å². The number of aliphatic hydroxyl groups is 1. The van der Waals surface area contributed by atoms with E-state index in [1.807, 2.05) is 24.3 Å². The molecule has 7 nitrogen and oxygen atoms in total. The first kappa shape index (κ1) is 20.8. The third-order valence-electron chi connectivity index (χ3n) is 5.36. The number of rotatable bonds is 6. The van der Waals surface area contributed by atoms with Crippen molar-refractivity contribution in [2.45, 2.75) is 44.4 Å². The summed E-state index contributed by atoms with van der Waals surface area (Å²) in [6, 6.07) is 7.10. The van der Waals surface area contributed by atoms with Crippen LogP contribution in [0, 0.1) is 0 Å². The molecule has 0 bridgehead atoms. The average Bonchev–Trinajstić information content (AvgIpc) is 3.18. The Morgan fingerprint density at radius 1 is 1.29 bits per heavy atom. The maximum Gasteiger partial charge on any atom is 0.245 e. The zero-order chi connectivity index (χ0) is 19.9. The van der Waals surface area contributed by atoms with E-state index in [0.717, 1.165) is 56.6 Å². The highest BCUT2D eigenvalue weighted by Gasteiger charge is 2.30. The van der Waals surface area contributed by atoms with E-state index in [1.165, 1.54) is 0 Å². The fraction of sp³-hybridized carbons (Fsp3) is 0.600. The summed E-state index contributed by atoms with van der Waals surface area (Å²) in [5.41, 5.74) is 0.805. The molecular formula is C20H30N4O3S. The van der Waals surface area contributed by atoms with E-state index in [0.29, 0.717) is 18.2 Å². The molecule has 3 N–H and O–H groups in total. The largest absolute Gasteiger partial charge is 0.497 e. The molecule has 28 heavy (non-hydrogen) atoms. The zero-order valence-corrected chi connectivity index (χ0v) is 17.2. The molecule has 2 saturated heterocycles. The number of nitrogens with zero attached hydrogens (tertiary/aromatic N) is 2. The van der Waals surface area contributed by atoms with Crippen LogP contribution in [0.5, 0.6) is 5.75 Å². The smallest absolute Gasteiger partial charge is 0.245 e. The van der Waals surface area contributed by atoms with Gasteiger partial charge < -0.3 is 25.4 Å². The number of likely N-dealkylation sites (tertiary alicyclic amines) is 2. The molecule has 0 aliphatic carbocycles. The van der Waals surface area contributed by atoms with Gasteiger partial charge in [0.25, 0.3) is 0 Å². The van der Waals surface area contributed by atoms with Crippen LogP contribution in [0.15, 0.2) is 24.3 Å². The molecule has 2 aliphatic rings. The van der Waals surface area contributed by atoms with Crippen LogP contribution >= 0.6 is 12.2 Å². The number of amides is 1. The number of thiocarbonyl (C=S) groups is 1. The molecule has 0 spiro atoms. The number of methoxy groups -OCH3 is 1. The number of hydrogen-bond acceptors (Lipinski definition) is 5. The van der Waals surface area contributed by atoms with Crippen molar-refractivity contribution in [3.05, 3.63) is 24.3 Å². The number of benzene rings is 1. The summed E-state index contributed by atoms with van der Waals surface area (Å²) < 4.78 is 5.22. The number of carbonyl (C=O) groups is 1. The van der Waals surface area contributed by atoms with Gasteiger partial charge in [-0.3, -0.25) is 9.69 Å². The van der Waals surface area contributed by atoms with Crippen molar-refractivity contribution in [2.24, 2.45) is 0 Å². The highest BCUT2D eigenvalue weighted by atomic mass is 32.1. The van der Waals surface area contributed by atoms with Crippen LogP contribution in [0.2, 0.25) is 0 Å². The molecule has 8 heteroatoms. The molecule has 2 fully saturated rings. The third-order valence-corrected chi connectivity index (χ3v) is 5.58. The van der Waals surface area contributed by atoms with Crippen molar-refractivity contribution in [1.82, 2.24) is 15.1 Å². The molecule has 0 aromatic heterocycles. The highest BCUT2D eigenvalue weighted by Crippen LogP contribution is 2.18. The van der Waals surface area contributed by atoms with E-state index in [4.69, 9.17) is 17.0 Å². The van der Waals surface area contributed by atoms with Crippen LogP contribution in [0.3, 0.4) is 0 Å². The molecule has 0 saturated carbocycles. The van der Waals surface area contributed by atoms with Crippen LogP contribution in [-0.4, -0.2) is 71.5 Å². The van der Waals surface area contributed by atoms with Gasteiger partial charge in [0.1, 0.15) is 18.0 Å². The lowest BCUT2D eigenvalue weighted by atomic mass is 10.1. The Kier molecular flexibility index (Phi) is 7.47. The summed E-state index contributed by atoms with van der Waals surface area (Å²) in [6.07, 6.45) is 4.24. The molecule has 154 valence electrons. The number of carbonyl (C=O) groups excluding carboxylic acids is 1. The molecule has 2 unspecified atom stereocenters. The van der Waals surface area contributed by atoms with Gasteiger partial charge >= 0.3 is 0 Å². The quantitative estimate of drug-likeness (QED) is 0.622. The molecule has 1 amide bonds. The normalized spacial score (nSPS) is 21.9. The summed E-state index contributed by atoms with van der Waals surface area (Å²) in [5.74, 6) is 0.742. The van der Waals surface area contributed by atoms with Crippen LogP contribution in [0.4, 0.5) is 5.69 Å². The second-order valence-corrected chi connectivity index (χ2v) is 7.79. The Balaban J connectivity index is 1.57. The minimum Gasteiger partial charge on any atom is -0.497 e. The van der Waals surface area contributed by atoms with Gasteiger partial charge in [-0.15, -0.1) is 0 Å². The van der Waals surface area contributed by atoms with Crippen molar-refractivity contribution >= 4 is 28.9 Å². The van der Waals surface area contributed by atoms with Gasteiger partial charge in [-0.2, -0.15) is 0 Å². The molecule has 1 aromatic carbocycles. The van der Waals surface area contributed by atoms with Gasteiger partial charge in [0.2, 0.25) is 5.91 Å². The predicted octanol–water partition coefficient (Wildman–Crippen LogP) is 1.78. The van der Waals surface area contributed by atoms with E-state index < -0.39 is 6.23 Å². The van der Waals surface area contributed by atoms with Gasteiger partial charge in [0.15, 0.2) is 5.11 Å². The van der Waals surface area contributed by atoms with Crippen LogP contribution in [0.25, 0.3) is 0 Å². The fourth-order valence-electron chi connectivity index (χ4n) is 3.80. The number of nitrogens with one attached hydrogen (secondary N) is 2. The SMILES string of the molecule is COc1cccc(NC(=S)NC2CCCCN(CC(O)N3CCCC3)C2=O)c1. The summed E-state index contributed by atoms with van der Waals surface area (Å²) in [6.45, 7) is 2.84. The first-order valence-corrected chi connectivity index (χ1v) is 10.4. The number of aliphatic hydroxyl groups excluding tert-OH is 1. The van der Waals surface area contributed by atoms with Gasteiger partial charge in [0, 0.05) is 31.4 Å². The van der Waals surface area contributed by atoms with E-state index in [9.17, 15) is 9.90 Å². The molecule has 2 aliphatic heterocycles. The van der Waals surface area contributed by atoms with E-state index in [-0.39, 0.29) is 11.9 Å². The number of ether oxygens (including phenoxy) is 1. The number of β-amino-alcohol motifs (C(OH)–C–C–N with tert-alkyl or cyclic N) is 1. The van der Waals surface area contributed by atoms with E-state index in [2.05, 4.69) is 15.5 Å². The molecule has 3 rings (SSSR count). The first-order valence-electron chi connectivity index (χ1n) is 9.99.